The average Bonchev–Trinajstić information content (AvgIpc) is 3.24. The second-order valence-corrected chi connectivity index (χ2v) is 7.25. The molecule has 3 fully saturated rings. The molecule has 2 aliphatic heterocycles. The Morgan fingerprint density at radius 3 is 2.67 bits per heavy atom. The number of hydrogen-bond acceptors (Lipinski definition) is 4. The maximum Gasteiger partial charge on any atom is 0.410 e. The minimum atomic E-state index is -0.237. The number of H-pyrrole nitrogens is 1. The van der Waals surface area contributed by atoms with Crippen LogP contribution in [0.4, 0.5) is 4.79 Å². The molecule has 0 atom stereocenters. The van der Waals surface area contributed by atoms with Crippen LogP contribution in [0.5, 0.6) is 0 Å². The Labute approximate surface area is 141 Å². The lowest BCUT2D eigenvalue weighted by molar-refractivity contribution is 0.0259. The molecule has 4 rings (SSSR count). The third-order valence-electron chi connectivity index (χ3n) is 5.70. The van der Waals surface area contributed by atoms with E-state index in [1.165, 1.54) is 6.42 Å². The molecule has 0 radical (unpaired) electrons. The first-order chi connectivity index (χ1) is 11.7. The predicted octanol–water partition coefficient (Wildman–Crippen LogP) is 2.17. The summed E-state index contributed by atoms with van der Waals surface area (Å²) >= 11 is 0. The second kappa shape index (κ2) is 6.11. The van der Waals surface area contributed by atoms with Crippen molar-refractivity contribution in [1.29, 1.82) is 0 Å². The van der Waals surface area contributed by atoms with Gasteiger partial charge in [0.2, 0.25) is 0 Å². The Kier molecular flexibility index (Phi) is 3.94. The highest BCUT2D eigenvalue weighted by molar-refractivity contribution is 5.93. The Hall–Kier alpha value is -2.05. The van der Waals surface area contributed by atoms with E-state index in [0.29, 0.717) is 18.7 Å². The number of ether oxygens (including phenoxy) is 1. The number of nitrogens with zero attached hydrogens (tertiary/aromatic N) is 3. The molecule has 0 bridgehead atoms. The molecule has 1 aliphatic carbocycles. The van der Waals surface area contributed by atoms with Gasteiger partial charge in [0.1, 0.15) is 5.60 Å². The summed E-state index contributed by atoms with van der Waals surface area (Å²) in [7, 11) is 0. The molecule has 1 aromatic rings. The van der Waals surface area contributed by atoms with Gasteiger partial charge in [0.15, 0.2) is 0 Å². The highest BCUT2D eigenvalue weighted by atomic mass is 16.6. The molecule has 1 N–H and O–H groups in total. The number of carbonyl (C=O) groups is 2. The van der Waals surface area contributed by atoms with Crippen LogP contribution >= 0.6 is 0 Å². The first kappa shape index (κ1) is 15.5. The Morgan fingerprint density at radius 1 is 1.25 bits per heavy atom. The number of hydrogen-bond donors (Lipinski definition) is 1. The minimum Gasteiger partial charge on any atom is -0.441 e. The zero-order valence-electron chi connectivity index (χ0n) is 13.9. The lowest BCUT2D eigenvalue weighted by Crippen LogP contribution is -2.48. The van der Waals surface area contributed by atoms with Gasteiger partial charge in [0, 0.05) is 25.3 Å². The number of likely N-dealkylation sites (tertiary alicyclic amines) is 1. The van der Waals surface area contributed by atoms with Crippen LogP contribution in [0, 0.1) is 0 Å². The van der Waals surface area contributed by atoms with Crippen LogP contribution in [-0.4, -0.2) is 63.3 Å². The van der Waals surface area contributed by atoms with Crippen molar-refractivity contribution in [3.8, 4) is 0 Å². The van der Waals surface area contributed by atoms with Crippen LogP contribution in [-0.2, 0) is 4.74 Å². The first-order valence-electron chi connectivity index (χ1n) is 8.95. The van der Waals surface area contributed by atoms with E-state index in [0.717, 1.165) is 45.1 Å². The molecule has 2 saturated heterocycles. The molecule has 130 valence electrons. The topological polar surface area (TPSA) is 78.5 Å². The van der Waals surface area contributed by atoms with Gasteiger partial charge in [-0.2, -0.15) is 5.10 Å². The Bertz CT molecular complexity index is 601. The predicted molar refractivity (Wildman–Crippen MR) is 86.5 cm³/mol. The van der Waals surface area contributed by atoms with E-state index in [-0.39, 0.29) is 23.6 Å². The lowest BCUT2D eigenvalue weighted by Gasteiger charge is -2.36. The molecule has 0 aromatic carbocycles. The second-order valence-electron chi connectivity index (χ2n) is 7.25. The van der Waals surface area contributed by atoms with E-state index in [2.05, 4.69) is 10.2 Å². The smallest absolute Gasteiger partial charge is 0.410 e. The molecule has 1 saturated carbocycles. The van der Waals surface area contributed by atoms with Gasteiger partial charge in [-0.25, -0.2) is 4.79 Å². The SMILES string of the molecule is O=C(c1cn[nH]c1)N1CCC(N2CC3(CCCCC3)OC2=O)CC1. The van der Waals surface area contributed by atoms with Crippen molar-refractivity contribution < 1.29 is 14.3 Å². The van der Waals surface area contributed by atoms with Gasteiger partial charge in [-0.1, -0.05) is 6.42 Å². The summed E-state index contributed by atoms with van der Waals surface area (Å²) in [6.45, 7) is 2.07. The molecule has 3 heterocycles. The molecule has 1 aromatic heterocycles. The van der Waals surface area contributed by atoms with Gasteiger partial charge in [-0.15, -0.1) is 0 Å². The third-order valence-corrected chi connectivity index (χ3v) is 5.70. The van der Waals surface area contributed by atoms with Gasteiger partial charge in [0.05, 0.1) is 18.3 Å². The molecule has 7 heteroatoms. The summed E-state index contributed by atoms with van der Waals surface area (Å²) in [4.78, 5) is 28.5. The number of amides is 2. The van der Waals surface area contributed by atoms with Gasteiger partial charge in [-0.05, 0) is 38.5 Å². The number of nitrogens with one attached hydrogen (secondary N) is 1. The number of carbonyl (C=O) groups excluding carboxylic acids is 2. The molecular weight excluding hydrogens is 308 g/mol. The Morgan fingerprint density at radius 2 is 2.00 bits per heavy atom. The number of aromatic nitrogens is 2. The van der Waals surface area contributed by atoms with Crippen LogP contribution in [0.2, 0.25) is 0 Å². The van der Waals surface area contributed by atoms with Gasteiger partial charge in [0.25, 0.3) is 5.91 Å². The van der Waals surface area contributed by atoms with Crippen molar-refractivity contribution in [1.82, 2.24) is 20.0 Å². The number of piperidine rings is 1. The van der Waals surface area contributed by atoms with E-state index in [9.17, 15) is 9.59 Å². The molecule has 0 unspecified atom stereocenters. The van der Waals surface area contributed by atoms with Crippen LogP contribution in [0.3, 0.4) is 0 Å². The van der Waals surface area contributed by atoms with Crippen LogP contribution < -0.4 is 0 Å². The lowest BCUT2D eigenvalue weighted by atomic mass is 9.84. The highest BCUT2D eigenvalue weighted by Crippen LogP contribution is 2.38. The molecular formula is C17H24N4O3. The van der Waals surface area contributed by atoms with Crippen LogP contribution in [0.25, 0.3) is 0 Å². The quantitative estimate of drug-likeness (QED) is 0.900. The fourth-order valence-electron chi connectivity index (χ4n) is 4.32. The normalized spacial score (nSPS) is 24.4. The van der Waals surface area contributed by atoms with Crippen LogP contribution in [0.1, 0.15) is 55.3 Å². The molecule has 24 heavy (non-hydrogen) atoms. The van der Waals surface area contributed by atoms with E-state index in [1.54, 1.807) is 12.4 Å². The fourth-order valence-corrected chi connectivity index (χ4v) is 4.32. The molecule has 3 aliphatic rings. The summed E-state index contributed by atoms with van der Waals surface area (Å²) in [6, 6.07) is 0.187. The maximum absolute atomic E-state index is 12.4. The van der Waals surface area contributed by atoms with Crippen molar-refractivity contribution in [2.45, 2.75) is 56.6 Å². The van der Waals surface area contributed by atoms with Crippen molar-refractivity contribution in [3.63, 3.8) is 0 Å². The molecule has 7 nitrogen and oxygen atoms in total. The zero-order valence-corrected chi connectivity index (χ0v) is 13.9. The largest absolute Gasteiger partial charge is 0.441 e. The Balaban J connectivity index is 1.36. The van der Waals surface area contributed by atoms with Gasteiger partial charge >= 0.3 is 6.09 Å². The summed E-state index contributed by atoms with van der Waals surface area (Å²) in [5.74, 6) is 0.00921. The van der Waals surface area contributed by atoms with Gasteiger partial charge in [-0.3, -0.25) is 9.89 Å². The maximum atomic E-state index is 12.4. The zero-order chi connectivity index (χ0) is 16.6. The van der Waals surface area contributed by atoms with E-state index in [4.69, 9.17) is 4.74 Å². The molecule has 2 amide bonds. The van der Waals surface area contributed by atoms with Crippen molar-refractivity contribution in [2.24, 2.45) is 0 Å². The first-order valence-corrected chi connectivity index (χ1v) is 8.95. The minimum absolute atomic E-state index is 0.00921. The summed E-state index contributed by atoms with van der Waals surface area (Å²) in [5.41, 5.74) is 0.356. The van der Waals surface area contributed by atoms with Crippen molar-refractivity contribution in [2.75, 3.05) is 19.6 Å². The van der Waals surface area contributed by atoms with Crippen molar-refractivity contribution >= 4 is 12.0 Å². The van der Waals surface area contributed by atoms with E-state index in [1.807, 2.05) is 9.80 Å². The standard InChI is InChI=1S/C17H24N4O3/c22-15(13-10-18-19-11-13)20-8-4-14(5-9-20)21-12-17(24-16(21)23)6-2-1-3-7-17/h10-11,14H,1-9,12H2,(H,18,19). The number of rotatable bonds is 2. The number of aromatic amines is 1. The van der Waals surface area contributed by atoms with E-state index >= 15 is 0 Å². The highest BCUT2D eigenvalue weighted by Gasteiger charge is 2.48. The average molecular weight is 332 g/mol. The van der Waals surface area contributed by atoms with Crippen molar-refractivity contribution in [3.05, 3.63) is 18.0 Å². The third kappa shape index (κ3) is 2.76. The summed E-state index contributed by atoms with van der Waals surface area (Å²) < 4.78 is 5.78. The summed E-state index contributed by atoms with van der Waals surface area (Å²) in [6.07, 6.45) is 10.2. The fraction of sp³-hybridized carbons (Fsp3) is 0.706. The van der Waals surface area contributed by atoms with Crippen LogP contribution in [0.15, 0.2) is 12.4 Å². The molecule has 1 spiro atoms. The summed E-state index contributed by atoms with van der Waals surface area (Å²) in [5, 5.41) is 6.51. The van der Waals surface area contributed by atoms with Gasteiger partial charge < -0.3 is 14.5 Å². The monoisotopic (exact) mass is 332 g/mol. The van der Waals surface area contributed by atoms with E-state index < -0.39 is 0 Å².